The lowest BCUT2D eigenvalue weighted by Crippen LogP contribution is -2.52. The summed E-state index contributed by atoms with van der Waals surface area (Å²) in [5.74, 6) is -3.96. The molecule has 8 nitrogen and oxygen atoms in total. The van der Waals surface area contributed by atoms with Gasteiger partial charge in [0, 0.05) is 17.9 Å². The monoisotopic (exact) mass is 416 g/mol. The second-order valence-corrected chi connectivity index (χ2v) is 8.22. The van der Waals surface area contributed by atoms with Gasteiger partial charge in [0.2, 0.25) is 0 Å². The molecule has 0 amide bonds. The third-order valence-electron chi connectivity index (χ3n) is 6.25. The van der Waals surface area contributed by atoms with Crippen LogP contribution >= 0.6 is 11.6 Å². The Labute approximate surface area is 167 Å². The first-order valence-electron chi connectivity index (χ1n) is 9.13. The average molecular weight is 417 g/mol. The van der Waals surface area contributed by atoms with Gasteiger partial charge in [-0.25, -0.2) is 9.59 Å². The molecule has 1 aliphatic heterocycles. The van der Waals surface area contributed by atoms with Gasteiger partial charge >= 0.3 is 11.9 Å². The van der Waals surface area contributed by atoms with Gasteiger partial charge in [0.05, 0.1) is 24.0 Å². The zero-order chi connectivity index (χ0) is 21.0. The van der Waals surface area contributed by atoms with Crippen molar-refractivity contribution >= 4 is 23.5 Å². The molecule has 3 aliphatic rings. The number of hydrogen-bond acceptors (Lipinski definition) is 8. The number of halogens is 1. The molecule has 4 N–H and O–H groups in total. The number of carbonyl (C=O) groups is 2. The predicted octanol–water partition coefficient (Wildman–Crippen LogP) is -0.336. The fourth-order valence-electron chi connectivity index (χ4n) is 4.68. The third kappa shape index (κ3) is 3.17. The highest BCUT2D eigenvalue weighted by Crippen LogP contribution is 2.55. The number of fused-ring (bicyclic) bond motifs is 3. The van der Waals surface area contributed by atoms with Crippen LogP contribution in [0.1, 0.15) is 19.8 Å². The van der Waals surface area contributed by atoms with Gasteiger partial charge in [-0.15, -0.1) is 11.6 Å². The predicted molar refractivity (Wildman–Crippen MR) is 97.1 cm³/mol. The van der Waals surface area contributed by atoms with E-state index in [9.17, 15) is 30.0 Å². The van der Waals surface area contributed by atoms with Crippen molar-refractivity contribution in [2.24, 2.45) is 17.8 Å². The van der Waals surface area contributed by atoms with Crippen molar-refractivity contribution in [2.75, 3.05) is 5.88 Å². The standard InChI is InChI=1S/C19H25ClO8/c1-7-4-11(27-18(25)15(23)9(3)21)13-8(2)17(24)28-16(13)14-10(7)5-12(22)19(14,26)6-20/h9-16,21-23,26H,1-2,4-6H2,3H3/t9-,10-,11-,12-,13+,14-,15+,16-,19+/m0/s1. The molecule has 9 atom stereocenters. The van der Waals surface area contributed by atoms with E-state index in [1.165, 1.54) is 6.92 Å². The van der Waals surface area contributed by atoms with E-state index in [2.05, 4.69) is 13.2 Å². The van der Waals surface area contributed by atoms with Gasteiger partial charge in [0.1, 0.15) is 17.8 Å². The molecule has 2 aliphatic carbocycles. The van der Waals surface area contributed by atoms with Crippen molar-refractivity contribution in [1.29, 1.82) is 0 Å². The summed E-state index contributed by atoms with van der Waals surface area (Å²) in [4.78, 5) is 24.4. The number of rotatable bonds is 4. The maximum Gasteiger partial charge on any atom is 0.337 e. The first-order chi connectivity index (χ1) is 13.0. The highest BCUT2D eigenvalue weighted by molar-refractivity contribution is 6.18. The molecule has 9 heteroatoms. The smallest absolute Gasteiger partial charge is 0.337 e. The topological polar surface area (TPSA) is 134 Å². The zero-order valence-electron chi connectivity index (χ0n) is 15.5. The van der Waals surface area contributed by atoms with Gasteiger partial charge in [-0.3, -0.25) is 0 Å². The van der Waals surface area contributed by atoms with Crippen LogP contribution in [-0.4, -0.2) is 74.4 Å². The van der Waals surface area contributed by atoms with Crippen molar-refractivity contribution in [3.8, 4) is 0 Å². The Hall–Kier alpha value is -1.45. The summed E-state index contributed by atoms with van der Waals surface area (Å²) < 4.78 is 10.9. The Balaban J connectivity index is 1.99. The quantitative estimate of drug-likeness (QED) is 0.212. The summed E-state index contributed by atoms with van der Waals surface area (Å²) in [6.07, 6.45) is -5.76. The van der Waals surface area contributed by atoms with Crippen molar-refractivity contribution in [1.82, 2.24) is 0 Å². The molecule has 1 saturated heterocycles. The molecule has 2 saturated carbocycles. The van der Waals surface area contributed by atoms with Crippen LogP contribution in [0.5, 0.6) is 0 Å². The normalized spacial score (nSPS) is 42.3. The Morgan fingerprint density at radius 3 is 2.64 bits per heavy atom. The first kappa shape index (κ1) is 21.3. The molecule has 0 radical (unpaired) electrons. The van der Waals surface area contributed by atoms with Crippen LogP contribution in [0.15, 0.2) is 24.3 Å². The molecule has 1 heterocycles. The fraction of sp³-hybridized carbons (Fsp3) is 0.684. The highest BCUT2D eigenvalue weighted by atomic mass is 35.5. The number of alkyl halides is 1. The van der Waals surface area contributed by atoms with Gasteiger partial charge in [0.25, 0.3) is 0 Å². The van der Waals surface area contributed by atoms with Crippen LogP contribution in [0.4, 0.5) is 0 Å². The largest absolute Gasteiger partial charge is 0.459 e. The molecule has 0 spiro atoms. The number of esters is 2. The fourth-order valence-corrected chi connectivity index (χ4v) is 5.04. The lowest BCUT2D eigenvalue weighted by Gasteiger charge is -2.37. The van der Waals surface area contributed by atoms with E-state index >= 15 is 0 Å². The van der Waals surface area contributed by atoms with Gasteiger partial charge in [-0.05, 0) is 19.3 Å². The van der Waals surface area contributed by atoms with E-state index in [0.717, 1.165) is 0 Å². The summed E-state index contributed by atoms with van der Waals surface area (Å²) >= 11 is 5.98. The lowest BCUT2D eigenvalue weighted by atomic mass is 9.76. The molecule has 3 rings (SSSR count). The van der Waals surface area contributed by atoms with E-state index in [4.69, 9.17) is 21.1 Å². The summed E-state index contributed by atoms with van der Waals surface area (Å²) in [5.41, 5.74) is -1.03. The van der Waals surface area contributed by atoms with Crippen LogP contribution in [0.3, 0.4) is 0 Å². The number of aliphatic hydroxyl groups is 4. The van der Waals surface area contributed by atoms with E-state index < -0.39 is 65.8 Å². The Morgan fingerprint density at radius 2 is 2.07 bits per heavy atom. The van der Waals surface area contributed by atoms with Crippen LogP contribution < -0.4 is 0 Å². The number of hydrogen-bond donors (Lipinski definition) is 4. The van der Waals surface area contributed by atoms with E-state index in [0.29, 0.717) is 5.57 Å². The van der Waals surface area contributed by atoms with Gasteiger partial charge in [-0.1, -0.05) is 18.7 Å². The second-order valence-electron chi connectivity index (χ2n) is 7.95. The second kappa shape index (κ2) is 7.42. The summed E-state index contributed by atoms with van der Waals surface area (Å²) in [6, 6.07) is 0. The Kier molecular flexibility index (Phi) is 5.64. The maximum atomic E-state index is 12.2. The molecule has 0 aromatic carbocycles. The van der Waals surface area contributed by atoms with Gasteiger partial charge in [0.15, 0.2) is 6.10 Å². The van der Waals surface area contributed by atoms with E-state index in [-0.39, 0.29) is 24.3 Å². The number of aliphatic hydroxyl groups excluding tert-OH is 3. The van der Waals surface area contributed by atoms with Gasteiger partial charge < -0.3 is 29.9 Å². The maximum absolute atomic E-state index is 12.2. The molecule has 156 valence electrons. The molecule has 0 aromatic rings. The van der Waals surface area contributed by atoms with Crippen LogP contribution in [0, 0.1) is 17.8 Å². The summed E-state index contributed by atoms with van der Waals surface area (Å²) in [6.45, 7) is 9.01. The minimum Gasteiger partial charge on any atom is -0.459 e. The van der Waals surface area contributed by atoms with Crippen LogP contribution in [-0.2, 0) is 19.1 Å². The van der Waals surface area contributed by atoms with E-state index in [1.807, 2.05) is 0 Å². The number of carbonyl (C=O) groups excluding carboxylic acids is 2. The lowest BCUT2D eigenvalue weighted by molar-refractivity contribution is -0.169. The van der Waals surface area contributed by atoms with Gasteiger partial charge in [-0.2, -0.15) is 0 Å². The molecule has 0 aromatic heterocycles. The van der Waals surface area contributed by atoms with Crippen molar-refractivity contribution < 1.29 is 39.5 Å². The number of ether oxygens (including phenoxy) is 2. The van der Waals surface area contributed by atoms with Crippen molar-refractivity contribution in [3.63, 3.8) is 0 Å². The van der Waals surface area contributed by atoms with Crippen molar-refractivity contribution in [3.05, 3.63) is 24.3 Å². The third-order valence-corrected chi connectivity index (χ3v) is 6.68. The average Bonchev–Trinajstić information content (AvgIpc) is 3.03. The molecule has 3 fully saturated rings. The van der Waals surface area contributed by atoms with Crippen LogP contribution in [0.25, 0.3) is 0 Å². The van der Waals surface area contributed by atoms with Crippen molar-refractivity contribution in [2.45, 2.75) is 55.9 Å². The first-order valence-corrected chi connectivity index (χ1v) is 9.66. The molecular weight excluding hydrogens is 392 g/mol. The molecule has 0 unspecified atom stereocenters. The minimum absolute atomic E-state index is 0.0705. The molecule has 0 bridgehead atoms. The Morgan fingerprint density at radius 1 is 1.43 bits per heavy atom. The Bertz CT molecular complexity index is 706. The SMILES string of the molecule is C=C1C(=O)O[C@H]2[C@H]1[C@@H](OC(=O)[C@H](O)[C@H](C)O)CC(=C)[C@@H]1C[C@H](O)[C@](O)(CCl)[C@H]21. The highest BCUT2D eigenvalue weighted by Gasteiger charge is 2.64. The zero-order valence-corrected chi connectivity index (χ0v) is 16.2. The summed E-state index contributed by atoms with van der Waals surface area (Å²) in [5, 5.41) is 40.6. The molecular formula is C19H25ClO8. The molecule has 28 heavy (non-hydrogen) atoms. The van der Waals surface area contributed by atoms with E-state index in [1.54, 1.807) is 0 Å². The minimum atomic E-state index is -1.75. The summed E-state index contributed by atoms with van der Waals surface area (Å²) in [7, 11) is 0. The van der Waals surface area contributed by atoms with Crippen LogP contribution in [0.2, 0.25) is 0 Å².